The number of aryl methyl sites for hydroxylation is 1. The van der Waals surface area contributed by atoms with Crippen molar-refractivity contribution in [3.05, 3.63) is 41.9 Å². The second kappa shape index (κ2) is 8.17. The molecule has 10 heteroatoms. The maximum Gasteiger partial charge on any atom is 0.417 e. The molecule has 28 heavy (non-hydrogen) atoms. The van der Waals surface area contributed by atoms with E-state index in [0.717, 1.165) is 17.8 Å². The highest BCUT2D eigenvalue weighted by molar-refractivity contribution is 5.83. The fourth-order valence-corrected chi connectivity index (χ4v) is 3.32. The van der Waals surface area contributed by atoms with E-state index in [2.05, 4.69) is 20.7 Å². The summed E-state index contributed by atoms with van der Waals surface area (Å²) in [6.45, 7) is 1.22. The Morgan fingerprint density at radius 3 is 2.46 bits per heavy atom. The van der Waals surface area contributed by atoms with Crippen molar-refractivity contribution >= 4 is 11.7 Å². The molecule has 3 rings (SSSR count). The second-order valence-corrected chi connectivity index (χ2v) is 6.84. The molecule has 1 amide bonds. The number of piperidine rings is 1. The van der Waals surface area contributed by atoms with Crippen LogP contribution < -0.4 is 15.5 Å². The SMILES string of the molecule is CNC(C(=O)NC1CCN(c2ccc(C(F)(F)F)cn2)CC1)c1cnn(C)c1. The summed E-state index contributed by atoms with van der Waals surface area (Å²) in [6.07, 6.45) is 1.30. The molecule has 2 aromatic rings. The molecule has 1 aliphatic rings. The Bertz CT molecular complexity index is 796. The fourth-order valence-electron chi connectivity index (χ4n) is 3.32. The van der Waals surface area contributed by atoms with E-state index in [-0.39, 0.29) is 11.9 Å². The quantitative estimate of drug-likeness (QED) is 0.807. The number of carbonyl (C=O) groups excluding carboxylic acids is 1. The zero-order valence-corrected chi connectivity index (χ0v) is 15.7. The average molecular weight is 396 g/mol. The van der Waals surface area contributed by atoms with Crippen LogP contribution in [0.25, 0.3) is 0 Å². The third-order valence-electron chi connectivity index (χ3n) is 4.85. The molecule has 1 unspecified atom stereocenters. The van der Waals surface area contributed by atoms with Gasteiger partial charge in [0.25, 0.3) is 0 Å². The molecule has 1 aliphatic heterocycles. The Morgan fingerprint density at radius 2 is 1.96 bits per heavy atom. The highest BCUT2D eigenvalue weighted by Gasteiger charge is 2.31. The molecular formula is C18H23F3N6O. The minimum absolute atomic E-state index is 0.00530. The van der Waals surface area contributed by atoms with E-state index in [0.29, 0.717) is 31.7 Å². The monoisotopic (exact) mass is 396 g/mol. The predicted molar refractivity (Wildman–Crippen MR) is 97.6 cm³/mol. The van der Waals surface area contributed by atoms with Gasteiger partial charge in [0, 0.05) is 44.1 Å². The van der Waals surface area contributed by atoms with E-state index in [4.69, 9.17) is 0 Å². The van der Waals surface area contributed by atoms with Crippen LogP contribution in [0.4, 0.5) is 19.0 Å². The highest BCUT2D eigenvalue weighted by atomic mass is 19.4. The standard InChI is InChI=1S/C18H23F3N6O/c1-22-16(12-9-24-26(2)11-12)17(28)25-14-5-7-27(8-6-14)15-4-3-13(10-23-15)18(19,20)21/h3-4,9-11,14,16,22H,5-8H2,1-2H3,(H,25,28). The van der Waals surface area contributed by atoms with Crippen LogP contribution in [0.3, 0.4) is 0 Å². The topological polar surface area (TPSA) is 75.1 Å². The first-order valence-corrected chi connectivity index (χ1v) is 9.02. The Labute approximate surface area is 160 Å². The Morgan fingerprint density at radius 1 is 1.25 bits per heavy atom. The molecule has 0 bridgehead atoms. The molecule has 7 nitrogen and oxygen atoms in total. The predicted octanol–water partition coefficient (Wildman–Crippen LogP) is 1.88. The maximum absolute atomic E-state index is 12.6. The third kappa shape index (κ3) is 4.61. The van der Waals surface area contributed by atoms with Crippen LogP contribution in [0, 0.1) is 0 Å². The van der Waals surface area contributed by atoms with E-state index < -0.39 is 17.8 Å². The number of nitrogens with one attached hydrogen (secondary N) is 2. The number of pyridine rings is 1. The summed E-state index contributed by atoms with van der Waals surface area (Å²) >= 11 is 0. The largest absolute Gasteiger partial charge is 0.417 e. The van der Waals surface area contributed by atoms with Gasteiger partial charge in [-0.05, 0) is 32.0 Å². The molecule has 0 aromatic carbocycles. The van der Waals surface area contributed by atoms with Crippen molar-refractivity contribution in [3.8, 4) is 0 Å². The van der Waals surface area contributed by atoms with Crippen molar-refractivity contribution in [2.75, 3.05) is 25.0 Å². The number of nitrogens with zero attached hydrogens (tertiary/aromatic N) is 4. The molecular weight excluding hydrogens is 373 g/mol. The summed E-state index contributed by atoms with van der Waals surface area (Å²) in [5.74, 6) is 0.392. The van der Waals surface area contributed by atoms with Crippen LogP contribution in [0.15, 0.2) is 30.7 Å². The van der Waals surface area contributed by atoms with Crippen LogP contribution in [-0.2, 0) is 18.0 Å². The number of alkyl halides is 3. The third-order valence-corrected chi connectivity index (χ3v) is 4.85. The van der Waals surface area contributed by atoms with E-state index in [9.17, 15) is 18.0 Å². The number of hydrogen-bond donors (Lipinski definition) is 2. The van der Waals surface area contributed by atoms with Gasteiger partial charge < -0.3 is 15.5 Å². The Balaban J connectivity index is 1.54. The maximum atomic E-state index is 12.6. The molecule has 2 aromatic heterocycles. The van der Waals surface area contributed by atoms with Crippen molar-refractivity contribution in [2.24, 2.45) is 7.05 Å². The van der Waals surface area contributed by atoms with Crippen LogP contribution >= 0.6 is 0 Å². The van der Waals surface area contributed by atoms with E-state index in [1.807, 2.05) is 4.90 Å². The molecule has 3 heterocycles. The second-order valence-electron chi connectivity index (χ2n) is 6.84. The number of carbonyl (C=O) groups is 1. The zero-order chi connectivity index (χ0) is 20.3. The lowest BCUT2D eigenvalue weighted by Crippen LogP contribution is -2.47. The minimum Gasteiger partial charge on any atom is -0.356 e. The summed E-state index contributed by atoms with van der Waals surface area (Å²) < 4.78 is 39.6. The van der Waals surface area contributed by atoms with Gasteiger partial charge in [-0.2, -0.15) is 18.3 Å². The first-order chi connectivity index (χ1) is 13.3. The molecule has 0 spiro atoms. The lowest BCUT2D eigenvalue weighted by Gasteiger charge is -2.33. The lowest BCUT2D eigenvalue weighted by atomic mass is 10.0. The molecule has 1 saturated heterocycles. The van der Waals surface area contributed by atoms with Crippen molar-refractivity contribution in [1.82, 2.24) is 25.4 Å². The first kappa shape index (κ1) is 20.1. The minimum atomic E-state index is -4.39. The molecule has 0 aliphatic carbocycles. The van der Waals surface area contributed by atoms with Gasteiger partial charge in [0.05, 0.1) is 11.8 Å². The summed E-state index contributed by atoms with van der Waals surface area (Å²) in [5.41, 5.74) is 0.0285. The Hall–Kier alpha value is -2.62. The van der Waals surface area contributed by atoms with Crippen LogP contribution in [-0.4, -0.2) is 46.9 Å². The van der Waals surface area contributed by atoms with Crippen LogP contribution in [0.5, 0.6) is 0 Å². The van der Waals surface area contributed by atoms with Gasteiger partial charge >= 0.3 is 6.18 Å². The van der Waals surface area contributed by atoms with Crippen molar-refractivity contribution < 1.29 is 18.0 Å². The first-order valence-electron chi connectivity index (χ1n) is 9.02. The van der Waals surface area contributed by atoms with Gasteiger partial charge in [-0.1, -0.05) is 0 Å². The van der Waals surface area contributed by atoms with Gasteiger partial charge in [0.1, 0.15) is 11.9 Å². The van der Waals surface area contributed by atoms with Crippen LogP contribution in [0.2, 0.25) is 0 Å². The number of hydrogen-bond acceptors (Lipinski definition) is 5. The highest BCUT2D eigenvalue weighted by Crippen LogP contribution is 2.29. The average Bonchev–Trinajstić information content (AvgIpc) is 3.08. The van der Waals surface area contributed by atoms with Gasteiger partial charge in [-0.3, -0.25) is 9.48 Å². The number of likely N-dealkylation sites (N-methyl/N-ethyl adjacent to an activating group) is 1. The zero-order valence-electron chi connectivity index (χ0n) is 15.7. The lowest BCUT2D eigenvalue weighted by molar-refractivity contribution is -0.137. The number of aromatic nitrogens is 3. The van der Waals surface area contributed by atoms with Gasteiger partial charge in [-0.25, -0.2) is 4.98 Å². The summed E-state index contributed by atoms with van der Waals surface area (Å²) in [6, 6.07) is 1.96. The number of halogens is 3. The van der Waals surface area contributed by atoms with Crippen molar-refractivity contribution in [2.45, 2.75) is 31.1 Å². The fraction of sp³-hybridized carbons (Fsp3) is 0.500. The van der Waals surface area contributed by atoms with Crippen LogP contribution in [0.1, 0.15) is 30.0 Å². The van der Waals surface area contributed by atoms with E-state index >= 15 is 0 Å². The number of rotatable bonds is 5. The smallest absolute Gasteiger partial charge is 0.356 e. The molecule has 1 fully saturated rings. The molecule has 0 radical (unpaired) electrons. The normalized spacial score (nSPS) is 16.8. The van der Waals surface area contributed by atoms with E-state index in [1.165, 1.54) is 6.07 Å². The molecule has 1 atom stereocenters. The summed E-state index contributed by atoms with van der Waals surface area (Å²) in [7, 11) is 3.51. The molecule has 0 saturated carbocycles. The van der Waals surface area contributed by atoms with E-state index in [1.54, 1.807) is 31.2 Å². The van der Waals surface area contributed by atoms with Crippen molar-refractivity contribution in [3.63, 3.8) is 0 Å². The van der Waals surface area contributed by atoms with Gasteiger partial charge in [0.2, 0.25) is 5.91 Å². The number of anilines is 1. The number of amides is 1. The molecule has 2 N–H and O–H groups in total. The molecule has 152 valence electrons. The summed E-state index contributed by atoms with van der Waals surface area (Å²) in [4.78, 5) is 18.5. The van der Waals surface area contributed by atoms with Crippen molar-refractivity contribution in [1.29, 1.82) is 0 Å². The van der Waals surface area contributed by atoms with Gasteiger partial charge in [-0.15, -0.1) is 0 Å². The Kier molecular flexibility index (Phi) is 5.87. The summed E-state index contributed by atoms with van der Waals surface area (Å²) in [5, 5.41) is 10.1. The van der Waals surface area contributed by atoms with Gasteiger partial charge in [0.15, 0.2) is 0 Å².